The number of anilines is 2. The molecule has 2 aliphatic carbocycles. The van der Waals surface area contributed by atoms with Gasteiger partial charge in [0.1, 0.15) is 5.78 Å². The average molecular weight is 434 g/mol. The highest BCUT2D eigenvalue weighted by Gasteiger charge is 2.41. The molecule has 0 heterocycles. The molecule has 2 N–H and O–H groups in total. The highest BCUT2D eigenvalue weighted by molar-refractivity contribution is 6.10. The lowest BCUT2D eigenvalue weighted by molar-refractivity contribution is -0.155. The molecule has 2 aliphatic rings. The highest BCUT2D eigenvalue weighted by Crippen LogP contribution is 2.40. The first-order chi connectivity index (χ1) is 15.5. The molecule has 2 atom stereocenters. The van der Waals surface area contributed by atoms with Crippen LogP contribution in [0.4, 0.5) is 11.4 Å². The first kappa shape index (κ1) is 21.7. The third-order valence-electron chi connectivity index (χ3n) is 6.20. The number of esters is 1. The Morgan fingerprint density at radius 3 is 2.25 bits per heavy atom. The summed E-state index contributed by atoms with van der Waals surface area (Å²) >= 11 is 0. The number of fused-ring (bicyclic) bond motifs is 2. The summed E-state index contributed by atoms with van der Waals surface area (Å²) in [6, 6.07) is 15.7. The molecule has 2 saturated carbocycles. The number of hydrogen-bond acceptors (Lipinski definition) is 5. The molecule has 2 aromatic rings. The zero-order chi connectivity index (χ0) is 22.5. The summed E-state index contributed by atoms with van der Waals surface area (Å²) in [5.41, 5.74) is 1.28. The zero-order valence-corrected chi connectivity index (χ0v) is 17.7. The Kier molecular flexibility index (Phi) is 6.63. The fraction of sp³-hybridized carbons (Fsp3) is 0.360. The van der Waals surface area contributed by atoms with Gasteiger partial charge in [-0.1, -0.05) is 36.8 Å². The Morgan fingerprint density at radius 2 is 1.53 bits per heavy atom. The third-order valence-corrected chi connectivity index (χ3v) is 6.20. The van der Waals surface area contributed by atoms with E-state index in [1.807, 2.05) is 18.2 Å². The number of carbonyl (C=O) groups is 4. The molecule has 32 heavy (non-hydrogen) atoms. The third kappa shape index (κ3) is 5.04. The minimum Gasteiger partial charge on any atom is -0.455 e. The molecule has 4 rings (SSSR count). The fourth-order valence-electron chi connectivity index (χ4n) is 4.62. The van der Waals surface area contributed by atoms with E-state index in [9.17, 15) is 19.2 Å². The highest BCUT2D eigenvalue weighted by atomic mass is 16.5. The SMILES string of the molecule is O=C(COC(=O)C1CC2CCCC(C1)C2=O)Nc1ccccc1C(=O)Nc1ccccc1. The quantitative estimate of drug-likeness (QED) is 0.673. The van der Waals surface area contributed by atoms with Crippen LogP contribution in [0, 0.1) is 17.8 Å². The second-order valence-corrected chi connectivity index (χ2v) is 8.42. The van der Waals surface area contributed by atoms with Crippen molar-refractivity contribution in [1.29, 1.82) is 0 Å². The van der Waals surface area contributed by atoms with E-state index in [0.29, 0.717) is 29.8 Å². The molecule has 7 nitrogen and oxygen atoms in total. The van der Waals surface area contributed by atoms with Gasteiger partial charge in [0.15, 0.2) is 6.61 Å². The van der Waals surface area contributed by atoms with Gasteiger partial charge in [-0.05, 0) is 49.9 Å². The second-order valence-electron chi connectivity index (χ2n) is 8.42. The molecule has 0 spiro atoms. The van der Waals surface area contributed by atoms with Gasteiger partial charge in [0.05, 0.1) is 17.2 Å². The summed E-state index contributed by atoms with van der Waals surface area (Å²) in [4.78, 5) is 49.7. The van der Waals surface area contributed by atoms with Gasteiger partial charge < -0.3 is 15.4 Å². The maximum absolute atomic E-state index is 12.6. The monoisotopic (exact) mass is 434 g/mol. The molecule has 0 aliphatic heterocycles. The number of ketones is 1. The Hall–Kier alpha value is -3.48. The van der Waals surface area contributed by atoms with Crippen LogP contribution in [0.1, 0.15) is 42.5 Å². The van der Waals surface area contributed by atoms with E-state index in [2.05, 4.69) is 10.6 Å². The van der Waals surface area contributed by atoms with Crippen LogP contribution >= 0.6 is 0 Å². The molecule has 2 unspecified atom stereocenters. The van der Waals surface area contributed by atoms with E-state index in [0.717, 1.165) is 19.3 Å². The Labute approximate surface area is 186 Å². The normalized spacial score (nSPS) is 22.0. The van der Waals surface area contributed by atoms with Crippen molar-refractivity contribution in [3.05, 3.63) is 60.2 Å². The van der Waals surface area contributed by atoms with Crippen molar-refractivity contribution >= 4 is 34.9 Å². The summed E-state index contributed by atoms with van der Waals surface area (Å²) in [6.07, 6.45) is 3.72. The summed E-state index contributed by atoms with van der Waals surface area (Å²) in [7, 11) is 0. The van der Waals surface area contributed by atoms with E-state index >= 15 is 0 Å². The second kappa shape index (κ2) is 9.77. The van der Waals surface area contributed by atoms with E-state index < -0.39 is 18.5 Å². The number of ether oxygens (including phenoxy) is 1. The van der Waals surface area contributed by atoms with E-state index in [-0.39, 0.29) is 29.4 Å². The lowest BCUT2D eigenvalue weighted by Gasteiger charge is -2.36. The van der Waals surface area contributed by atoms with Gasteiger partial charge in [0.25, 0.3) is 11.8 Å². The summed E-state index contributed by atoms with van der Waals surface area (Å²) in [6.45, 7) is -0.437. The Bertz CT molecular complexity index is 1000. The summed E-state index contributed by atoms with van der Waals surface area (Å²) in [5.74, 6) is -1.47. The minimum absolute atomic E-state index is 0.0520. The smallest absolute Gasteiger partial charge is 0.309 e. The first-order valence-corrected chi connectivity index (χ1v) is 11.0. The number of para-hydroxylation sites is 2. The van der Waals surface area contributed by atoms with Gasteiger partial charge in [-0.25, -0.2) is 0 Å². The van der Waals surface area contributed by atoms with Crippen molar-refractivity contribution in [3.63, 3.8) is 0 Å². The van der Waals surface area contributed by atoms with Crippen molar-refractivity contribution in [2.75, 3.05) is 17.2 Å². The molecule has 7 heteroatoms. The van der Waals surface area contributed by atoms with Crippen LogP contribution in [-0.2, 0) is 19.1 Å². The number of hydrogen-bond donors (Lipinski definition) is 2. The molecular weight excluding hydrogens is 408 g/mol. The number of rotatable bonds is 6. The summed E-state index contributed by atoms with van der Waals surface area (Å²) < 4.78 is 5.25. The topological polar surface area (TPSA) is 102 Å². The van der Waals surface area contributed by atoms with Gasteiger partial charge in [-0.2, -0.15) is 0 Å². The lowest BCUT2D eigenvalue weighted by Crippen LogP contribution is -2.40. The van der Waals surface area contributed by atoms with Crippen molar-refractivity contribution in [3.8, 4) is 0 Å². The van der Waals surface area contributed by atoms with Gasteiger partial charge in [0.2, 0.25) is 0 Å². The van der Waals surface area contributed by atoms with E-state index in [1.165, 1.54) is 0 Å². The van der Waals surface area contributed by atoms with Crippen LogP contribution in [-0.4, -0.2) is 30.2 Å². The largest absolute Gasteiger partial charge is 0.455 e. The van der Waals surface area contributed by atoms with Crippen molar-refractivity contribution in [2.24, 2.45) is 17.8 Å². The van der Waals surface area contributed by atoms with Crippen LogP contribution in [0.3, 0.4) is 0 Å². The molecule has 0 saturated heterocycles. The van der Waals surface area contributed by atoms with E-state index in [1.54, 1.807) is 36.4 Å². The first-order valence-electron chi connectivity index (χ1n) is 11.0. The van der Waals surface area contributed by atoms with E-state index in [4.69, 9.17) is 4.74 Å². The standard InChI is InChI=1S/C25H26N2O5/c28-22(15-32-25(31)18-13-16-7-6-8-17(14-18)23(16)29)27-21-12-5-4-11-20(21)24(30)26-19-9-2-1-3-10-19/h1-5,9-12,16-18H,6-8,13-15H2,(H,26,30)(H,27,28). The maximum atomic E-state index is 12.6. The lowest BCUT2D eigenvalue weighted by atomic mass is 9.67. The van der Waals surface area contributed by atoms with Crippen LogP contribution in [0.5, 0.6) is 0 Å². The van der Waals surface area contributed by atoms with Crippen LogP contribution in [0.15, 0.2) is 54.6 Å². The van der Waals surface area contributed by atoms with Gasteiger partial charge >= 0.3 is 5.97 Å². The van der Waals surface area contributed by atoms with Crippen molar-refractivity contribution in [2.45, 2.75) is 32.1 Å². The van der Waals surface area contributed by atoms with Crippen LogP contribution in [0.2, 0.25) is 0 Å². The maximum Gasteiger partial charge on any atom is 0.309 e. The summed E-state index contributed by atoms with van der Waals surface area (Å²) in [5, 5.41) is 5.44. The predicted molar refractivity (Wildman–Crippen MR) is 119 cm³/mol. The van der Waals surface area contributed by atoms with Crippen LogP contribution < -0.4 is 10.6 Å². The van der Waals surface area contributed by atoms with Gasteiger partial charge in [0, 0.05) is 17.5 Å². The number of benzene rings is 2. The number of carbonyl (C=O) groups excluding carboxylic acids is 4. The molecule has 166 valence electrons. The number of Topliss-reactive ketones (excluding diaryl/α,β-unsaturated/α-hetero) is 1. The minimum atomic E-state index is -0.523. The zero-order valence-electron chi connectivity index (χ0n) is 17.7. The molecule has 0 radical (unpaired) electrons. The number of nitrogens with one attached hydrogen (secondary N) is 2. The van der Waals surface area contributed by atoms with Crippen molar-refractivity contribution in [1.82, 2.24) is 0 Å². The molecule has 0 aromatic heterocycles. The van der Waals surface area contributed by atoms with Gasteiger partial charge in [-0.3, -0.25) is 19.2 Å². The Balaban J connectivity index is 1.32. The predicted octanol–water partition coefficient (Wildman–Crippen LogP) is 3.82. The fourth-order valence-corrected chi connectivity index (χ4v) is 4.62. The molecular formula is C25H26N2O5. The molecule has 2 amide bonds. The average Bonchev–Trinajstić information content (AvgIpc) is 2.78. The van der Waals surface area contributed by atoms with Gasteiger partial charge in [-0.15, -0.1) is 0 Å². The Morgan fingerprint density at radius 1 is 0.875 bits per heavy atom. The molecule has 2 bridgehead atoms. The molecule has 2 aromatic carbocycles. The van der Waals surface area contributed by atoms with Crippen molar-refractivity contribution < 1.29 is 23.9 Å². The van der Waals surface area contributed by atoms with Crippen LogP contribution in [0.25, 0.3) is 0 Å². The molecule has 2 fully saturated rings. The number of amides is 2.